The van der Waals surface area contributed by atoms with E-state index >= 15 is 0 Å². The Balaban J connectivity index is 1.84. The number of benzene rings is 2. The van der Waals surface area contributed by atoms with Crippen molar-refractivity contribution in [2.45, 2.75) is 0 Å². The van der Waals surface area contributed by atoms with Crippen LogP contribution < -0.4 is 9.47 Å². The first kappa shape index (κ1) is 16.6. The largest absolute Gasteiger partial charge is 0.493 e. The molecule has 0 bridgehead atoms. The number of nitriles is 1. The van der Waals surface area contributed by atoms with Gasteiger partial charge < -0.3 is 13.9 Å². The van der Waals surface area contributed by atoms with E-state index in [0.29, 0.717) is 21.9 Å². The van der Waals surface area contributed by atoms with Gasteiger partial charge in [0.05, 0.1) is 23.8 Å². The predicted octanol–water partition coefficient (Wildman–Crippen LogP) is 4.70. The monoisotopic (exact) mass is 353 g/mol. The number of carbonyl (C=O) groups is 1. The maximum absolute atomic E-state index is 12.3. The lowest BCUT2D eigenvalue weighted by Crippen LogP contribution is -2.08. The van der Waals surface area contributed by atoms with Crippen LogP contribution in [0, 0.1) is 11.3 Å². The summed E-state index contributed by atoms with van der Waals surface area (Å²) in [5.74, 6) is 0.291. The van der Waals surface area contributed by atoms with Crippen LogP contribution in [-0.4, -0.2) is 13.1 Å². The van der Waals surface area contributed by atoms with Crippen LogP contribution in [0.4, 0.5) is 0 Å². The number of hydrogen-bond donors (Lipinski definition) is 0. The molecule has 0 amide bonds. The van der Waals surface area contributed by atoms with E-state index in [1.54, 1.807) is 24.3 Å². The number of furan rings is 1. The van der Waals surface area contributed by atoms with Gasteiger partial charge in [-0.3, -0.25) is 0 Å². The molecule has 0 aliphatic rings. The van der Waals surface area contributed by atoms with Crippen molar-refractivity contribution in [3.63, 3.8) is 0 Å². The highest BCUT2D eigenvalue weighted by molar-refractivity contribution is 6.33. The Bertz CT molecular complexity index is 972. The molecule has 0 fully saturated rings. The van der Waals surface area contributed by atoms with Crippen molar-refractivity contribution in [1.29, 1.82) is 5.26 Å². The molecule has 0 aliphatic carbocycles. The number of rotatable bonds is 4. The molecule has 0 aliphatic heterocycles. The minimum Gasteiger partial charge on any atom is -0.493 e. The summed E-state index contributed by atoms with van der Waals surface area (Å²) in [5.41, 5.74) is 1.08. The number of halogens is 1. The first-order chi connectivity index (χ1) is 12.1. The third-order valence-corrected chi connectivity index (χ3v) is 3.77. The van der Waals surface area contributed by atoms with E-state index in [9.17, 15) is 4.79 Å². The van der Waals surface area contributed by atoms with Crippen molar-refractivity contribution in [3.8, 4) is 28.9 Å². The van der Waals surface area contributed by atoms with Crippen LogP contribution in [-0.2, 0) is 0 Å². The zero-order valence-electron chi connectivity index (χ0n) is 13.2. The molecule has 0 N–H and O–H groups in total. The van der Waals surface area contributed by atoms with Crippen molar-refractivity contribution in [2.75, 3.05) is 7.11 Å². The molecule has 3 rings (SSSR count). The van der Waals surface area contributed by atoms with E-state index in [1.807, 2.05) is 12.1 Å². The highest BCUT2D eigenvalue weighted by Crippen LogP contribution is 2.31. The maximum atomic E-state index is 12.3. The van der Waals surface area contributed by atoms with Crippen molar-refractivity contribution in [3.05, 3.63) is 70.9 Å². The highest BCUT2D eigenvalue weighted by atomic mass is 35.5. The molecule has 25 heavy (non-hydrogen) atoms. The lowest BCUT2D eigenvalue weighted by Gasteiger charge is -2.08. The number of ether oxygens (including phenoxy) is 2. The molecule has 0 unspecified atom stereocenters. The Hall–Kier alpha value is -3.23. The van der Waals surface area contributed by atoms with Crippen LogP contribution in [0.15, 0.2) is 59.0 Å². The van der Waals surface area contributed by atoms with Gasteiger partial charge in [-0.2, -0.15) is 5.26 Å². The van der Waals surface area contributed by atoms with Gasteiger partial charge in [0.2, 0.25) is 5.76 Å². The summed E-state index contributed by atoms with van der Waals surface area (Å²) in [7, 11) is 1.43. The van der Waals surface area contributed by atoms with Gasteiger partial charge in [0.1, 0.15) is 5.76 Å². The van der Waals surface area contributed by atoms with Crippen molar-refractivity contribution in [2.24, 2.45) is 0 Å². The fourth-order valence-electron chi connectivity index (χ4n) is 2.22. The minimum absolute atomic E-state index is 0.0290. The third kappa shape index (κ3) is 3.49. The van der Waals surface area contributed by atoms with Gasteiger partial charge in [0.25, 0.3) is 0 Å². The Kier molecular flexibility index (Phi) is 4.73. The topological polar surface area (TPSA) is 72.5 Å². The lowest BCUT2D eigenvalue weighted by molar-refractivity contribution is 0.0697. The second-order valence-corrected chi connectivity index (χ2v) is 5.42. The number of carbonyl (C=O) groups excluding carboxylic acids is 1. The second-order valence-electron chi connectivity index (χ2n) is 5.01. The maximum Gasteiger partial charge on any atom is 0.379 e. The van der Waals surface area contributed by atoms with Crippen LogP contribution in [0.25, 0.3) is 11.3 Å². The van der Waals surface area contributed by atoms with Crippen molar-refractivity contribution in [1.82, 2.24) is 0 Å². The van der Waals surface area contributed by atoms with Gasteiger partial charge in [-0.05, 0) is 36.4 Å². The van der Waals surface area contributed by atoms with Gasteiger partial charge in [0.15, 0.2) is 11.5 Å². The van der Waals surface area contributed by atoms with Crippen LogP contribution in [0.3, 0.4) is 0 Å². The molecule has 6 heteroatoms. The summed E-state index contributed by atoms with van der Waals surface area (Å²) in [4.78, 5) is 12.3. The molecule has 2 aromatic carbocycles. The zero-order chi connectivity index (χ0) is 17.8. The molecule has 1 aromatic heterocycles. The average Bonchev–Trinajstić information content (AvgIpc) is 3.12. The quantitative estimate of drug-likeness (QED) is 0.502. The SMILES string of the molecule is COc1cc(C#N)ccc1OC(=O)c1ccc(-c2ccccc2Cl)o1. The molecule has 0 spiro atoms. The second kappa shape index (κ2) is 7.12. The molecule has 0 atom stereocenters. The van der Waals surface area contributed by atoms with E-state index in [1.165, 1.54) is 31.4 Å². The Morgan fingerprint density at radius 3 is 2.64 bits per heavy atom. The molecule has 0 saturated carbocycles. The van der Waals surface area contributed by atoms with Gasteiger partial charge >= 0.3 is 5.97 Å². The molecular formula is C19H12ClNO4. The lowest BCUT2D eigenvalue weighted by atomic mass is 10.2. The fraction of sp³-hybridized carbons (Fsp3) is 0.0526. The summed E-state index contributed by atoms with van der Waals surface area (Å²) >= 11 is 6.13. The van der Waals surface area contributed by atoms with Crippen LogP contribution >= 0.6 is 11.6 Å². The highest BCUT2D eigenvalue weighted by Gasteiger charge is 2.18. The molecule has 0 radical (unpaired) electrons. The van der Waals surface area contributed by atoms with Gasteiger partial charge in [-0.1, -0.05) is 23.7 Å². The zero-order valence-corrected chi connectivity index (χ0v) is 13.9. The van der Waals surface area contributed by atoms with Crippen LogP contribution in [0.1, 0.15) is 16.1 Å². The molecule has 124 valence electrons. The number of hydrogen-bond acceptors (Lipinski definition) is 5. The van der Waals surface area contributed by atoms with Crippen LogP contribution in [0.5, 0.6) is 11.5 Å². The third-order valence-electron chi connectivity index (χ3n) is 3.44. The summed E-state index contributed by atoms with van der Waals surface area (Å²) in [6, 6.07) is 16.8. The summed E-state index contributed by atoms with van der Waals surface area (Å²) < 4.78 is 16.0. The predicted molar refractivity (Wildman–Crippen MR) is 91.8 cm³/mol. The standard InChI is InChI=1S/C19H12ClNO4/c1-23-18-10-12(11-21)6-7-16(18)25-19(22)17-9-8-15(24-17)13-4-2-3-5-14(13)20/h2-10H,1H3. The normalized spacial score (nSPS) is 10.1. The van der Waals surface area contributed by atoms with Crippen LogP contribution in [0.2, 0.25) is 5.02 Å². The molecule has 0 saturated heterocycles. The fourth-order valence-corrected chi connectivity index (χ4v) is 2.45. The number of methoxy groups -OCH3 is 1. The summed E-state index contributed by atoms with van der Waals surface area (Å²) in [5, 5.41) is 9.42. The summed E-state index contributed by atoms with van der Waals surface area (Å²) in [6.07, 6.45) is 0. The first-order valence-electron chi connectivity index (χ1n) is 7.27. The van der Waals surface area contributed by atoms with Gasteiger partial charge in [-0.15, -0.1) is 0 Å². The number of nitrogens with zero attached hydrogens (tertiary/aromatic N) is 1. The van der Waals surface area contributed by atoms with Gasteiger partial charge in [-0.25, -0.2) is 4.79 Å². The molecule has 1 heterocycles. The van der Waals surface area contributed by atoms with E-state index in [0.717, 1.165) is 0 Å². The van der Waals surface area contributed by atoms with E-state index in [4.69, 9.17) is 30.8 Å². The van der Waals surface area contributed by atoms with Crippen molar-refractivity contribution < 1.29 is 18.7 Å². The molecule has 5 nitrogen and oxygen atoms in total. The Morgan fingerprint density at radius 2 is 1.92 bits per heavy atom. The minimum atomic E-state index is -0.679. The molecule has 3 aromatic rings. The summed E-state index contributed by atoms with van der Waals surface area (Å²) in [6.45, 7) is 0. The number of esters is 1. The average molecular weight is 354 g/mol. The van der Waals surface area contributed by atoms with Crippen molar-refractivity contribution >= 4 is 17.6 Å². The van der Waals surface area contributed by atoms with E-state index in [-0.39, 0.29) is 17.3 Å². The van der Waals surface area contributed by atoms with E-state index in [2.05, 4.69) is 0 Å². The Labute approximate surface area is 149 Å². The molecular weight excluding hydrogens is 342 g/mol. The Morgan fingerprint density at radius 1 is 1.12 bits per heavy atom. The van der Waals surface area contributed by atoms with E-state index < -0.39 is 5.97 Å². The first-order valence-corrected chi connectivity index (χ1v) is 7.65. The van der Waals surface area contributed by atoms with Gasteiger partial charge in [0, 0.05) is 11.6 Å². The smallest absolute Gasteiger partial charge is 0.379 e.